The van der Waals surface area contributed by atoms with Crippen LogP contribution in [0.25, 0.3) is 0 Å². The summed E-state index contributed by atoms with van der Waals surface area (Å²) >= 11 is 3.40. The predicted octanol–water partition coefficient (Wildman–Crippen LogP) is 3.64. The summed E-state index contributed by atoms with van der Waals surface area (Å²) in [5.41, 5.74) is 7.53. The fraction of sp³-hybridized carbons (Fsp3) is 0.533. The zero-order valence-corrected chi connectivity index (χ0v) is 12.8. The van der Waals surface area contributed by atoms with Gasteiger partial charge in [0.15, 0.2) is 0 Å². The number of nitrogens with one attached hydrogen (secondary N) is 1. The molecular formula is C15H20BrN3. The number of nitrogens with two attached hydrogens (primary N) is 1. The maximum Gasteiger partial charge on any atom is 0.101 e. The van der Waals surface area contributed by atoms with Crippen molar-refractivity contribution in [1.82, 2.24) is 0 Å². The van der Waals surface area contributed by atoms with Gasteiger partial charge in [0.05, 0.1) is 16.8 Å². The third-order valence-corrected chi connectivity index (χ3v) is 4.80. The van der Waals surface area contributed by atoms with E-state index in [0.717, 1.165) is 16.6 Å². The molecule has 1 aliphatic rings. The molecule has 19 heavy (non-hydrogen) atoms. The predicted molar refractivity (Wildman–Crippen MR) is 81.9 cm³/mol. The fourth-order valence-electron chi connectivity index (χ4n) is 2.94. The van der Waals surface area contributed by atoms with E-state index >= 15 is 0 Å². The Kier molecular flexibility index (Phi) is 4.49. The number of anilines is 1. The minimum atomic E-state index is -0.0717. The average molecular weight is 322 g/mol. The van der Waals surface area contributed by atoms with Gasteiger partial charge in [0.25, 0.3) is 0 Å². The van der Waals surface area contributed by atoms with Gasteiger partial charge < -0.3 is 11.1 Å². The highest BCUT2D eigenvalue weighted by atomic mass is 79.9. The minimum absolute atomic E-state index is 0.0717. The topological polar surface area (TPSA) is 61.8 Å². The first-order valence-electron chi connectivity index (χ1n) is 6.79. The van der Waals surface area contributed by atoms with Crippen molar-refractivity contribution >= 4 is 21.6 Å². The smallest absolute Gasteiger partial charge is 0.101 e. The maximum atomic E-state index is 9.25. The van der Waals surface area contributed by atoms with Gasteiger partial charge in [-0.2, -0.15) is 5.26 Å². The lowest BCUT2D eigenvalue weighted by molar-refractivity contribution is 0.235. The van der Waals surface area contributed by atoms with Crippen molar-refractivity contribution in [1.29, 1.82) is 5.26 Å². The summed E-state index contributed by atoms with van der Waals surface area (Å²) in [5, 5.41) is 12.8. The van der Waals surface area contributed by atoms with E-state index < -0.39 is 0 Å². The summed E-state index contributed by atoms with van der Waals surface area (Å²) in [6.45, 7) is 2.86. The van der Waals surface area contributed by atoms with E-state index in [1.165, 1.54) is 19.3 Å². The summed E-state index contributed by atoms with van der Waals surface area (Å²) in [4.78, 5) is 0. The van der Waals surface area contributed by atoms with E-state index in [1.54, 1.807) is 0 Å². The Labute approximate surface area is 123 Å². The normalized spacial score (nSPS) is 26.7. The van der Waals surface area contributed by atoms with Crippen LogP contribution in [0.15, 0.2) is 22.7 Å². The number of nitriles is 1. The van der Waals surface area contributed by atoms with Gasteiger partial charge in [0.1, 0.15) is 6.07 Å². The lowest BCUT2D eigenvalue weighted by Gasteiger charge is -2.43. The molecule has 102 valence electrons. The zero-order chi connectivity index (χ0) is 13.9. The summed E-state index contributed by atoms with van der Waals surface area (Å²) < 4.78 is 0.924. The first-order valence-corrected chi connectivity index (χ1v) is 7.58. The zero-order valence-electron chi connectivity index (χ0n) is 11.2. The Morgan fingerprint density at radius 2 is 2.32 bits per heavy atom. The molecule has 3 N–H and O–H groups in total. The lowest BCUT2D eigenvalue weighted by Crippen LogP contribution is -2.52. The average Bonchev–Trinajstić information content (AvgIpc) is 2.43. The van der Waals surface area contributed by atoms with Crippen molar-refractivity contribution in [2.45, 2.75) is 38.1 Å². The molecule has 0 radical (unpaired) electrons. The largest absolute Gasteiger partial charge is 0.377 e. The Morgan fingerprint density at radius 3 is 2.95 bits per heavy atom. The standard InChI is InChI=1S/C15H20BrN3/c1-11-4-2-3-7-15(11,10-18)19-14-6-5-13(16)8-12(14)9-17/h5-6,8,11,19H,2-4,7,10,18H2,1H3. The molecule has 0 aromatic heterocycles. The third kappa shape index (κ3) is 2.93. The molecule has 2 unspecified atom stereocenters. The Hall–Kier alpha value is -1.05. The molecule has 2 rings (SSSR count). The molecule has 0 aliphatic heterocycles. The second-order valence-corrected chi connectivity index (χ2v) is 6.35. The van der Waals surface area contributed by atoms with Gasteiger partial charge in [-0.1, -0.05) is 35.7 Å². The number of rotatable bonds is 3. The van der Waals surface area contributed by atoms with Gasteiger partial charge in [-0.25, -0.2) is 0 Å². The van der Waals surface area contributed by atoms with Gasteiger partial charge in [-0.3, -0.25) is 0 Å². The lowest BCUT2D eigenvalue weighted by atomic mass is 9.73. The SMILES string of the molecule is CC1CCCCC1(CN)Nc1ccc(Br)cc1C#N. The fourth-order valence-corrected chi connectivity index (χ4v) is 3.30. The molecule has 1 aromatic rings. The molecule has 1 aliphatic carbocycles. The van der Waals surface area contributed by atoms with Crippen molar-refractivity contribution in [3.05, 3.63) is 28.2 Å². The van der Waals surface area contributed by atoms with Crippen molar-refractivity contribution in [2.24, 2.45) is 11.7 Å². The molecular weight excluding hydrogens is 302 g/mol. The van der Waals surface area contributed by atoms with Crippen LogP contribution in [-0.2, 0) is 0 Å². The van der Waals surface area contributed by atoms with Gasteiger partial charge in [-0.15, -0.1) is 0 Å². The summed E-state index contributed by atoms with van der Waals surface area (Å²) in [6.07, 6.45) is 4.75. The summed E-state index contributed by atoms with van der Waals surface area (Å²) in [5.74, 6) is 0.529. The number of nitrogens with zero attached hydrogens (tertiary/aromatic N) is 1. The second-order valence-electron chi connectivity index (χ2n) is 5.43. The Balaban J connectivity index is 2.30. The van der Waals surface area contributed by atoms with Gasteiger partial charge >= 0.3 is 0 Å². The Morgan fingerprint density at radius 1 is 1.53 bits per heavy atom. The van der Waals surface area contributed by atoms with Crippen molar-refractivity contribution in [2.75, 3.05) is 11.9 Å². The molecule has 0 saturated heterocycles. The highest BCUT2D eigenvalue weighted by Gasteiger charge is 2.37. The van der Waals surface area contributed by atoms with E-state index in [9.17, 15) is 5.26 Å². The third-order valence-electron chi connectivity index (χ3n) is 4.30. The second kappa shape index (κ2) is 5.94. The van der Waals surface area contributed by atoms with Crippen molar-refractivity contribution in [3.8, 4) is 6.07 Å². The van der Waals surface area contributed by atoms with Crippen LogP contribution in [0.2, 0.25) is 0 Å². The molecule has 0 heterocycles. The van der Waals surface area contributed by atoms with E-state index in [1.807, 2.05) is 18.2 Å². The first kappa shape index (κ1) is 14.4. The Bertz CT molecular complexity index is 495. The monoisotopic (exact) mass is 321 g/mol. The molecule has 0 amide bonds. The summed E-state index contributed by atoms with van der Waals surface area (Å²) in [7, 11) is 0. The number of benzene rings is 1. The van der Waals surface area contributed by atoms with E-state index in [-0.39, 0.29) is 5.54 Å². The minimum Gasteiger partial charge on any atom is -0.377 e. The van der Waals surface area contributed by atoms with Crippen molar-refractivity contribution < 1.29 is 0 Å². The van der Waals surface area contributed by atoms with Gasteiger partial charge in [-0.05, 0) is 37.0 Å². The molecule has 4 heteroatoms. The molecule has 0 bridgehead atoms. The van der Waals surface area contributed by atoms with Crippen LogP contribution in [0.1, 0.15) is 38.2 Å². The van der Waals surface area contributed by atoms with Gasteiger partial charge in [0.2, 0.25) is 0 Å². The van der Waals surface area contributed by atoms with Crippen LogP contribution in [0, 0.1) is 17.2 Å². The molecule has 0 spiro atoms. The van der Waals surface area contributed by atoms with E-state index in [4.69, 9.17) is 5.73 Å². The number of hydrogen-bond acceptors (Lipinski definition) is 3. The van der Waals surface area contributed by atoms with Crippen LogP contribution >= 0.6 is 15.9 Å². The van der Waals surface area contributed by atoms with Gasteiger partial charge in [0, 0.05) is 11.0 Å². The first-order chi connectivity index (χ1) is 9.11. The molecule has 3 nitrogen and oxygen atoms in total. The highest BCUT2D eigenvalue weighted by Crippen LogP contribution is 2.36. The van der Waals surface area contributed by atoms with Crippen LogP contribution < -0.4 is 11.1 Å². The van der Waals surface area contributed by atoms with E-state index in [2.05, 4.69) is 34.2 Å². The van der Waals surface area contributed by atoms with Crippen LogP contribution in [-0.4, -0.2) is 12.1 Å². The van der Waals surface area contributed by atoms with Crippen molar-refractivity contribution in [3.63, 3.8) is 0 Å². The molecule has 1 fully saturated rings. The number of hydrogen-bond donors (Lipinski definition) is 2. The highest BCUT2D eigenvalue weighted by molar-refractivity contribution is 9.10. The van der Waals surface area contributed by atoms with Crippen LogP contribution in [0.4, 0.5) is 5.69 Å². The number of halogens is 1. The molecule has 1 saturated carbocycles. The van der Waals surface area contributed by atoms with Crippen LogP contribution in [0.5, 0.6) is 0 Å². The van der Waals surface area contributed by atoms with E-state index in [0.29, 0.717) is 18.0 Å². The quantitative estimate of drug-likeness (QED) is 0.893. The molecule has 2 atom stereocenters. The molecule has 1 aromatic carbocycles. The summed E-state index contributed by atoms with van der Waals surface area (Å²) in [6, 6.07) is 8.01. The van der Waals surface area contributed by atoms with Crippen LogP contribution in [0.3, 0.4) is 0 Å². The maximum absolute atomic E-state index is 9.25.